The van der Waals surface area contributed by atoms with Crippen molar-refractivity contribution in [2.45, 2.75) is 12.0 Å². The maximum atomic E-state index is 13.8. The van der Waals surface area contributed by atoms with Gasteiger partial charge in [0, 0.05) is 36.2 Å². The van der Waals surface area contributed by atoms with Crippen molar-refractivity contribution in [3.05, 3.63) is 86.1 Å². The van der Waals surface area contributed by atoms with Crippen LogP contribution in [-0.2, 0) is 9.53 Å². The van der Waals surface area contributed by atoms with E-state index in [1.54, 1.807) is 36.3 Å². The van der Waals surface area contributed by atoms with Crippen LogP contribution in [0.15, 0.2) is 60.0 Å². The minimum Gasteiger partial charge on any atom is -0.495 e. The molecule has 4 rings (SSSR count). The zero-order chi connectivity index (χ0) is 24.2. The highest BCUT2D eigenvalue weighted by Crippen LogP contribution is 2.45. The number of fused-ring (bicyclic) bond motifs is 1. The third-order valence-corrected chi connectivity index (χ3v) is 6.69. The molecule has 10 heteroatoms. The summed E-state index contributed by atoms with van der Waals surface area (Å²) in [6, 6.07) is 14.2. The van der Waals surface area contributed by atoms with Gasteiger partial charge in [-0.3, -0.25) is 19.7 Å². The average Bonchev–Trinajstić information content (AvgIpc) is 3.37. The molecule has 1 aliphatic rings. The maximum Gasteiger partial charge on any atom is 0.271 e. The van der Waals surface area contributed by atoms with E-state index in [4.69, 9.17) is 9.47 Å². The summed E-state index contributed by atoms with van der Waals surface area (Å²) in [4.78, 5) is 40.5. The molecule has 2 atom stereocenters. The van der Waals surface area contributed by atoms with Crippen LogP contribution in [0.2, 0.25) is 0 Å². The van der Waals surface area contributed by atoms with Gasteiger partial charge in [-0.1, -0.05) is 24.3 Å². The van der Waals surface area contributed by atoms with Crippen molar-refractivity contribution in [1.82, 2.24) is 4.90 Å². The lowest BCUT2D eigenvalue weighted by atomic mass is 9.81. The number of hydrogen-bond acceptors (Lipinski definition) is 7. The Kier molecular flexibility index (Phi) is 6.90. The van der Waals surface area contributed by atoms with Gasteiger partial charge in [0.25, 0.3) is 11.6 Å². The lowest BCUT2D eigenvalue weighted by Gasteiger charge is -2.41. The molecule has 3 aromatic rings. The van der Waals surface area contributed by atoms with Gasteiger partial charge in [0.1, 0.15) is 5.75 Å². The summed E-state index contributed by atoms with van der Waals surface area (Å²) < 4.78 is 10.5. The highest BCUT2D eigenvalue weighted by Gasteiger charge is 2.44. The van der Waals surface area contributed by atoms with Crippen LogP contribution in [0.1, 0.15) is 32.8 Å². The molecule has 2 heterocycles. The Labute approximate surface area is 200 Å². The number of hydrogen-bond donors (Lipinski definition) is 1. The fourth-order valence-corrected chi connectivity index (χ4v) is 5.08. The molecular formula is C24H23N3O6S. The van der Waals surface area contributed by atoms with Crippen molar-refractivity contribution in [3.63, 3.8) is 0 Å². The standard InChI is InChI=1S/C24H23N3O6S/c1-32-12-11-26-22(20-8-5-13-34-20)21(16-6-3-4-7-17(16)24(26)29)23(28)25-18-14-15(27(30)31)9-10-19(18)33-2/h3-10,13-14,21-22H,11-12H2,1-2H3,(H,25,28)/t21-,22+/m0/s1. The summed E-state index contributed by atoms with van der Waals surface area (Å²) in [5.41, 5.74) is 1.05. The van der Waals surface area contributed by atoms with E-state index in [-0.39, 0.29) is 17.3 Å². The normalized spacial score (nSPS) is 17.2. The highest BCUT2D eigenvalue weighted by molar-refractivity contribution is 7.10. The molecular weight excluding hydrogens is 458 g/mol. The Morgan fingerprint density at radius 3 is 2.65 bits per heavy atom. The van der Waals surface area contributed by atoms with E-state index in [1.807, 2.05) is 17.5 Å². The number of nitrogens with one attached hydrogen (secondary N) is 1. The second-order valence-corrected chi connectivity index (χ2v) is 8.63. The zero-order valence-electron chi connectivity index (χ0n) is 18.6. The molecule has 1 N–H and O–H groups in total. The first-order valence-electron chi connectivity index (χ1n) is 10.5. The fourth-order valence-electron chi connectivity index (χ4n) is 4.20. The molecule has 0 spiro atoms. The van der Waals surface area contributed by atoms with Gasteiger partial charge in [-0.05, 0) is 29.1 Å². The number of anilines is 1. The molecule has 34 heavy (non-hydrogen) atoms. The first kappa shape index (κ1) is 23.4. The van der Waals surface area contributed by atoms with Gasteiger partial charge in [-0.25, -0.2) is 0 Å². The summed E-state index contributed by atoms with van der Waals surface area (Å²) in [5.74, 6) is -1.04. The number of benzene rings is 2. The van der Waals surface area contributed by atoms with Crippen molar-refractivity contribution in [2.75, 3.05) is 32.7 Å². The monoisotopic (exact) mass is 481 g/mol. The molecule has 2 amide bonds. The summed E-state index contributed by atoms with van der Waals surface area (Å²) in [7, 11) is 2.98. The Hall–Kier alpha value is -3.76. The molecule has 0 bridgehead atoms. The van der Waals surface area contributed by atoms with Crippen LogP contribution in [0.25, 0.3) is 0 Å². The third kappa shape index (κ3) is 4.37. The number of non-ortho nitro benzene ring substituents is 1. The summed E-state index contributed by atoms with van der Waals surface area (Å²) >= 11 is 1.46. The van der Waals surface area contributed by atoms with Crippen molar-refractivity contribution in [3.8, 4) is 5.75 Å². The molecule has 0 saturated heterocycles. The van der Waals surface area contributed by atoms with Crippen LogP contribution in [0.5, 0.6) is 5.75 Å². The van der Waals surface area contributed by atoms with Gasteiger partial charge < -0.3 is 19.7 Å². The summed E-state index contributed by atoms with van der Waals surface area (Å²) in [5, 5.41) is 16.0. The fraction of sp³-hybridized carbons (Fsp3) is 0.250. The topological polar surface area (TPSA) is 111 Å². The van der Waals surface area contributed by atoms with Crippen molar-refractivity contribution in [2.24, 2.45) is 0 Å². The number of nitrogens with zero attached hydrogens (tertiary/aromatic N) is 2. The second-order valence-electron chi connectivity index (χ2n) is 7.65. The van der Waals surface area contributed by atoms with Crippen LogP contribution < -0.4 is 10.1 Å². The minimum atomic E-state index is -0.756. The number of thiophene rings is 1. The van der Waals surface area contributed by atoms with E-state index < -0.39 is 22.8 Å². The van der Waals surface area contributed by atoms with E-state index in [1.165, 1.54) is 36.6 Å². The van der Waals surface area contributed by atoms with Crippen LogP contribution in [0.3, 0.4) is 0 Å². The predicted molar refractivity (Wildman–Crippen MR) is 127 cm³/mol. The Morgan fingerprint density at radius 1 is 1.18 bits per heavy atom. The molecule has 0 aliphatic carbocycles. The van der Waals surface area contributed by atoms with Gasteiger partial charge in [0.05, 0.1) is 36.3 Å². The van der Waals surface area contributed by atoms with Crippen molar-refractivity contribution in [1.29, 1.82) is 0 Å². The van der Waals surface area contributed by atoms with E-state index in [0.29, 0.717) is 30.0 Å². The second kappa shape index (κ2) is 10.0. The molecule has 0 saturated carbocycles. The average molecular weight is 482 g/mol. The Balaban J connectivity index is 1.81. The first-order chi connectivity index (χ1) is 16.5. The van der Waals surface area contributed by atoms with Crippen LogP contribution in [0.4, 0.5) is 11.4 Å². The van der Waals surface area contributed by atoms with Crippen LogP contribution >= 0.6 is 11.3 Å². The number of carbonyl (C=O) groups is 2. The van der Waals surface area contributed by atoms with Gasteiger partial charge in [-0.15, -0.1) is 11.3 Å². The molecule has 176 valence electrons. The smallest absolute Gasteiger partial charge is 0.271 e. The molecule has 0 fully saturated rings. The van der Waals surface area contributed by atoms with Gasteiger partial charge in [0.2, 0.25) is 5.91 Å². The number of rotatable bonds is 8. The predicted octanol–water partition coefficient (Wildman–Crippen LogP) is 4.23. The third-order valence-electron chi connectivity index (χ3n) is 5.74. The van der Waals surface area contributed by atoms with Gasteiger partial charge in [-0.2, -0.15) is 0 Å². The Morgan fingerprint density at radius 2 is 1.97 bits per heavy atom. The van der Waals surface area contributed by atoms with Crippen LogP contribution in [0, 0.1) is 10.1 Å². The van der Waals surface area contributed by atoms with E-state index in [0.717, 1.165) is 4.88 Å². The summed E-state index contributed by atoms with van der Waals surface area (Å²) in [6.07, 6.45) is 0. The maximum absolute atomic E-state index is 13.8. The van der Waals surface area contributed by atoms with Crippen molar-refractivity contribution < 1.29 is 24.0 Å². The number of amides is 2. The van der Waals surface area contributed by atoms with Crippen molar-refractivity contribution >= 4 is 34.5 Å². The number of ether oxygens (including phenoxy) is 2. The van der Waals surface area contributed by atoms with Crippen LogP contribution in [-0.4, -0.2) is 49.0 Å². The largest absolute Gasteiger partial charge is 0.495 e. The van der Waals surface area contributed by atoms with E-state index in [9.17, 15) is 19.7 Å². The summed E-state index contributed by atoms with van der Waals surface area (Å²) in [6.45, 7) is 0.610. The van der Waals surface area contributed by atoms with E-state index >= 15 is 0 Å². The first-order valence-corrected chi connectivity index (χ1v) is 11.4. The lowest BCUT2D eigenvalue weighted by Crippen LogP contribution is -2.47. The Bertz CT molecular complexity index is 1210. The quantitative estimate of drug-likeness (QED) is 0.381. The molecule has 1 aromatic heterocycles. The van der Waals surface area contributed by atoms with Gasteiger partial charge >= 0.3 is 0 Å². The number of methoxy groups -OCH3 is 2. The number of carbonyl (C=O) groups excluding carboxylic acids is 2. The molecule has 0 unspecified atom stereocenters. The minimum absolute atomic E-state index is 0.174. The highest BCUT2D eigenvalue weighted by atomic mass is 32.1. The zero-order valence-corrected chi connectivity index (χ0v) is 19.4. The molecule has 2 aromatic carbocycles. The molecule has 1 aliphatic heterocycles. The van der Waals surface area contributed by atoms with E-state index in [2.05, 4.69) is 5.32 Å². The number of nitro benzene ring substituents is 1. The SMILES string of the molecule is COCCN1C(=O)c2ccccc2[C@H](C(=O)Nc2cc([N+](=O)[O-])ccc2OC)[C@H]1c1cccs1. The lowest BCUT2D eigenvalue weighted by molar-refractivity contribution is -0.384. The molecule has 9 nitrogen and oxygen atoms in total. The number of nitro groups is 1. The molecule has 0 radical (unpaired) electrons. The van der Waals surface area contributed by atoms with Gasteiger partial charge in [0.15, 0.2) is 0 Å².